The van der Waals surface area contributed by atoms with Crippen LogP contribution in [-0.2, 0) is 14.3 Å². The summed E-state index contributed by atoms with van der Waals surface area (Å²) in [5, 5.41) is 0. The highest BCUT2D eigenvalue weighted by Crippen LogP contribution is 2.18. The Morgan fingerprint density at radius 2 is 2.25 bits per heavy atom. The Morgan fingerprint density at radius 1 is 1.50 bits per heavy atom. The van der Waals surface area contributed by atoms with Crippen LogP contribution < -0.4 is 0 Å². The van der Waals surface area contributed by atoms with Gasteiger partial charge in [0.05, 0.1) is 12.5 Å². The SMILES string of the molecule is CC=CC(=O)N1CCCC(C(=O)OCC)C1. The van der Waals surface area contributed by atoms with Crippen LogP contribution in [0.5, 0.6) is 0 Å². The highest BCUT2D eigenvalue weighted by Gasteiger charge is 2.28. The van der Waals surface area contributed by atoms with Gasteiger partial charge in [-0.1, -0.05) is 6.08 Å². The highest BCUT2D eigenvalue weighted by atomic mass is 16.5. The van der Waals surface area contributed by atoms with E-state index in [0.717, 1.165) is 19.4 Å². The number of carbonyl (C=O) groups is 2. The molecule has 0 aliphatic carbocycles. The third-order valence-corrected chi connectivity index (χ3v) is 2.66. The minimum absolute atomic E-state index is 0.0171. The van der Waals surface area contributed by atoms with Crippen molar-refractivity contribution in [2.75, 3.05) is 19.7 Å². The van der Waals surface area contributed by atoms with Crippen molar-refractivity contribution in [3.63, 3.8) is 0 Å². The number of ether oxygens (including phenoxy) is 1. The molecule has 1 aliphatic rings. The van der Waals surface area contributed by atoms with Gasteiger partial charge in [0.2, 0.25) is 5.91 Å². The molecule has 4 heteroatoms. The maximum Gasteiger partial charge on any atom is 0.310 e. The van der Waals surface area contributed by atoms with Gasteiger partial charge in [0, 0.05) is 13.1 Å². The van der Waals surface area contributed by atoms with E-state index < -0.39 is 0 Å². The quantitative estimate of drug-likeness (QED) is 0.538. The number of esters is 1. The summed E-state index contributed by atoms with van der Waals surface area (Å²) in [6.45, 7) is 5.23. The number of nitrogens with zero attached hydrogens (tertiary/aromatic N) is 1. The number of amides is 1. The van der Waals surface area contributed by atoms with Gasteiger partial charge in [0.15, 0.2) is 0 Å². The second-order valence-electron chi connectivity index (χ2n) is 3.88. The van der Waals surface area contributed by atoms with E-state index in [1.165, 1.54) is 6.08 Å². The molecule has 1 heterocycles. The minimum atomic E-state index is -0.180. The fourth-order valence-corrected chi connectivity index (χ4v) is 1.88. The first-order chi connectivity index (χ1) is 7.69. The summed E-state index contributed by atoms with van der Waals surface area (Å²) in [5.74, 6) is -0.347. The van der Waals surface area contributed by atoms with E-state index in [1.807, 2.05) is 6.92 Å². The molecule has 1 amide bonds. The normalized spacial score (nSPS) is 21.1. The van der Waals surface area contributed by atoms with Crippen LogP contribution in [0.1, 0.15) is 26.7 Å². The second-order valence-corrected chi connectivity index (χ2v) is 3.88. The molecule has 90 valence electrons. The number of hydrogen-bond acceptors (Lipinski definition) is 3. The molecule has 1 rings (SSSR count). The van der Waals surface area contributed by atoms with E-state index in [9.17, 15) is 9.59 Å². The molecule has 0 bridgehead atoms. The number of allylic oxidation sites excluding steroid dienone is 1. The molecular weight excluding hydrogens is 206 g/mol. The van der Waals surface area contributed by atoms with E-state index in [-0.39, 0.29) is 17.8 Å². The maximum absolute atomic E-state index is 11.6. The van der Waals surface area contributed by atoms with Crippen molar-refractivity contribution in [2.24, 2.45) is 5.92 Å². The average Bonchev–Trinajstić information content (AvgIpc) is 2.30. The first-order valence-corrected chi connectivity index (χ1v) is 5.77. The predicted octanol–water partition coefficient (Wildman–Crippen LogP) is 1.36. The zero-order valence-electron chi connectivity index (χ0n) is 9.94. The second kappa shape index (κ2) is 6.30. The van der Waals surface area contributed by atoms with Crippen molar-refractivity contribution < 1.29 is 14.3 Å². The molecule has 0 spiro atoms. The van der Waals surface area contributed by atoms with Crippen molar-refractivity contribution >= 4 is 11.9 Å². The first kappa shape index (κ1) is 12.7. The van der Waals surface area contributed by atoms with Crippen LogP contribution in [0.4, 0.5) is 0 Å². The smallest absolute Gasteiger partial charge is 0.310 e. The molecule has 0 aromatic heterocycles. The lowest BCUT2D eigenvalue weighted by Gasteiger charge is -2.30. The monoisotopic (exact) mass is 225 g/mol. The van der Waals surface area contributed by atoms with Crippen LogP contribution in [0.3, 0.4) is 0 Å². The van der Waals surface area contributed by atoms with E-state index in [2.05, 4.69) is 0 Å². The zero-order chi connectivity index (χ0) is 12.0. The summed E-state index contributed by atoms with van der Waals surface area (Å²) in [4.78, 5) is 24.9. The lowest BCUT2D eigenvalue weighted by atomic mass is 9.98. The summed E-state index contributed by atoms with van der Waals surface area (Å²) >= 11 is 0. The van der Waals surface area contributed by atoms with Crippen LogP contribution in [0.15, 0.2) is 12.2 Å². The van der Waals surface area contributed by atoms with Gasteiger partial charge in [-0.3, -0.25) is 9.59 Å². The lowest BCUT2D eigenvalue weighted by molar-refractivity contribution is -0.150. The molecule has 16 heavy (non-hydrogen) atoms. The average molecular weight is 225 g/mol. The Morgan fingerprint density at radius 3 is 2.88 bits per heavy atom. The Bertz CT molecular complexity index is 286. The topological polar surface area (TPSA) is 46.6 Å². The molecule has 1 fully saturated rings. The number of likely N-dealkylation sites (tertiary alicyclic amines) is 1. The van der Waals surface area contributed by atoms with Gasteiger partial charge < -0.3 is 9.64 Å². The van der Waals surface area contributed by atoms with E-state index in [4.69, 9.17) is 4.74 Å². The Hall–Kier alpha value is -1.32. The third kappa shape index (κ3) is 3.36. The zero-order valence-corrected chi connectivity index (χ0v) is 9.94. The first-order valence-electron chi connectivity index (χ1n) is 5.77. The van der Waals surface area contributed by atoms with Gasteiger partial charge in [-0.15, -0.1) is 0 Å². The Balaban J connectivity index is 2.53. The van der Waals surface area contributed by atoms with E-state index in [0.29, 0.717) is 13.2 Å². The molecule has 4 nitrogen and oxygen atoms in total. The van der Waals surface area contributed by atoms with Crippen molar-refractivity contribution in [3.05, 3.63) is 12.2 Å². The standard InChI is InChI=1S/C12H19NO3/c1-3-6-11(14)13-8-5-7-10(9-13)12(15)16-4-2/h3,6,10H,4-5,7-9H2,1-2H3. The van der Waals surface area contributed by atoms with Gasteiger partial charge in [-0.25, -0.2) is 0 Å². The lowest BCUT2D eigenvalue weighted by Crippen LogP contribution is -2.42. The Kier molecular flexibility index (Phi) is 5.02. The number of piperidine rings is 1. The van der Waals surface area contributed by atoms with Gasteiger partial charge in [-0.2, -0.15) is 0 Å². The van der Waals surface area contributed by atoms with Crippen LogP contribution in [-0.4, -0.2) is 36.5 Å². The molecule has 0 N–H and O–H groups in total. The summed E-state index contributed by atoms with van der Waals surface area (Å²) in [5.41, 5.74) is 0. The molecule has 1 atom stereocenters. The minimum Gasteiger partial charge on any atom is -0.466 e. The number of hydrogen-bond donors (Lipinski definition) is 0. The Labute approximate surface area is 96.3 Å². The van der Waals surface area contributed by atoms with Gasteiger partial charge >= 0.3 is 5.97 Å². The molecule has 1 aliphatic heterocycles. The number of carbonyl (C=O) groups excluding carboxylic acids is 2. The fourth-order valence-electron chi connectivity index (χ4n) is 1.88. The summed E-state index contributed by atoms with van der Waals surface area (Å²) < 4.78 is 4.97. The molecule has 0 saturated carbocycles. The van der Waals surface area contributed by atoms with Crippen molar-refractivity contribution in [1.29, 1.82) is 0 Å². The molecule has 1 unspecified atom stereocenters. The third-order valence-electron chi connectivity index (χ3n) is 2.66. The molecule has 0 aromatic rings. The fraction of sp³-hybridized carbons (Fsp3) is 0.667. The van der Waals surface area contributed by atoms with Gasteiger partial charge in [-0.05, 0) is 32.8 Å². The van der Waals surface area contributed by atoms with Crippen molar-refractivity contribution in [1.82, 2.24) is 4.90 Å². The molecule has 0 aromatic carbocycles. The van der Waals surface area contributed by atoms with Crippen molar-refractivity contribution in [3.8, 4) is 0 Å². The molecule has 0 radical (unpaired) electrons. The summed E-state index contributed by atoms with van der Waals surface area (Å²) in [7, 11) is 0. The van der Waals surface area contributed by atoms with Crippen molar-refractivity contribution in [2.45, 2.75) is 26.7 Å². The summed E-state index contributed by atoms with van der Waals surface area (Å²) in [6.07, 6.45) is 4.94. The molecule has 1 saturated heterocycles. The number of rotatable bonds is 3. The summed E-state index contributed by atoms with van der Waals surface area (Å²) in [6, 6.07) is 0. The van der Waals surface area contributed by atoms with E-state index in [1.54, 1.807) is 17.9 Å². The van der Waals surface area contributed by atoms with Crippen LogP contribution in [0, 0.1) is 5.92 Å². The van der Waals surface area contributed by atoms with Gasteiger partial charge in [0.25, 0.3) is 0 Å². The largest absolute Gasteiger partial charge is 0.466 e. The highest BCUT2D eigenvalue weighted by molar-refractivity contribution is 5.88. The van der Waals surface area contributed by atoms with Crippen LogP contribution in [0.25, 0.3) is 0 Å². The maximum atomic E-state index is 11.6. The predicted molar refractivity (Wildman–Crippen MR) is 60.8 cm³/mol. The van der Waals surface area contributed by atoms with E-state index >= 15 is 0 Å². The molecular formula is C12H19NO3. The van der Waals surface area contributed by atoms with Gasteiger partial charge in [0.1, 0.15) is 0 Å². The van der Waals surface area contributed by atoms with Crippen LogP contribution >= 0.6 is 0 Å². The van der Waals surface area contributed by atoms with Crippen LogP contribution in [0.2, 0.25) is 0 Å².